The minimum Gasteiger partial charge on any atom is -0.339 e. The SMILES string of the molecule is CCCCCCn1c(C2CC(=O)N(C3CCCCC3)C2)nc2ccccc21. The Bertz CT molecular complexity index is 775. The molecular formula is C23H33N3O. The van der Waals surface area contributed by atoms with Crippen LogP contribution < -0.4 is 0 Å². The van der Waals surface area contributed by atoms with Gasteiger partial charge in [-0.1, -0.05) is 57.6 Å². The Hall–Kier alpha value is -1.84. The molecule has 27 heavy (non-hydrogen) atoms. The maximum Gasteiger partial charge on any atom is 0.223 e. The van der Waals surface area contributed by atoms with E-state index < -0.39 is 0 Å². The first kappa shape index (κ1) is 18.5. The molecule has 0 radical (unpaired) electrons. The Morgan fingerprint density at radius 3 is 2.70 bits per heavy atom. The number of carbonyl (C=O) groups excluding carboxylic acids is 1. The number of aryl methyl sites for hydroxylation is 1. The maximum absolute atomic E-state index is 12.8. The molecule has 146 valence electrons. The summed E-state index contributed by atoms with van der Waals surface area (Å²) in [5, 5.41) is 0. The summed E-state index contributed by atoms with van der Waals surface area (Å²) >= 11 is 0. The van der Waals surface area contributed by atoms with Gasteiger partial charge in [-0.05, 0) is 31.4 Å². The number of hydrogen-bond acceptors (Lipinski definition) is 2. The summed E-state index contributed by atoms with van der Waals surface area (Å²) in [4.78, 5) is 19.9. The molecule has 1 saturated carbocycles. The fourth-order valence-electron chi connectivity index (χ4n) is 4.99. The van der Waals surface area contributed by atoms with Crippen molar-refractivity contribution in [2.24, 2.45) is 0 Å². The molecule has 1 aromatic heterocycles. The van der Waals surface area contributed by atoms with Gasteiger partial charge in [0.2, 0.25) is 5.91 Å². The van der Waals surface area contributed by atoms with Crippen LogP contribution in [0, 0.1) is 0 Å². The molecule has 2 aliphatic rings. The number of nitrogens with zero attached hydrogens (tertiary/aromatic N) is 3. The molecule has 4 rings (SSSR count). The monoisotopic (exact) mass is 367 g/mol. The third-order valence-electron chi connectivity index (χ3n) is 6.46. The van der Waals surface area contributed by atoms with Gasteiger partial charge < -0.3 is 9.47 Å². The number of carbonyl (C=O) groups is 1. The number of unbranched alkanes of at least 4 members (excludes halogenated alkanes) is 3. The van der Waals surface area contributed by atoms with E-state index in [1.807, 2.05) is 0 Å². The molecule has 4 nitrogen and oxygen atoms in total. The van der Waals surface area contributed by atoms with E-state index in [2.05, 4.69) is 40.7 Å². The Kier molecular flexibility index (Phi) is 5.80. The van der Waals surface area contributed by atoms with Crippen LogP contribution in [0.2, 0.25) is 0 Å². The highest BCUT2D eigenvalue weighted by molar-refractivity contribution is 5.81. The van der Waals surface area contributed by atoms with Crippen LogP contribution >= 0.6 is 0 Å². The number of fused-ring (bicyclic) bond motifs is 1. The number of benzene rings is 1. The second-order valence-electron chi connectivity index (χ2n) is 8.41. The lowest BCUT2D eigenvalue weighted by molar-refractivity contribution is -0.130. The average molecular weight is 368 g/mol. The first-order valence-electron chi connectivity index (χ1n) is 11.0. The minimum absolute atomic E-state index is 0.248. The van der Waals surface area contributed by atoms with E-state index in [0.29, 0.717) is 18.4 Å². The van der Waals surface area contributed by atoms with E-state index in [-0.39, 0.29) is 5.92 Å². The number of likely N-dealkylation sites (tertiary alicyclic amines) is 1. The summed E-state index contributed by atoms with van der Waals surface area (Å²) in [6.45, 7) is 4.13. The third kappa shape index (κ3) is 3.90. The van der Waals surface area contributed by atoms with E-state index in [4.69, 9.17) is 4.98 Å². The standard InChI is InChI=1S/C23H33N3O/c1-2-3-4-10-15-25-21-14-9-8-13-20(21)24-23(25)18-16-22(27)26(17-18)19-11-6-5-7-12-19/h8-9,13-14,18-19H,2-7,10-12,15-17H2,1H3. The smallest absolute Gasteiger partial charge is 0.223 e. The van der Waals surface area contributed by atoms with E-state index in [1.54, 1.807) is 0 Å². The summed E-state index contributed by atoms with van der Waals surface area (Å²) in [6, 6.07) is 8.93. The van der Waals surface area contributed by atoms with Crippen molar-refractivity contribution in [3.05, 3.63) is 30.1 Å². The fourth-order valence-corrected chi connectivity index (χ4v) is 4.99. The van der Waals surface area contributed by atoms with Gasteiger partial charge in [0.1, 0.15) is 5.82 Å². The largest absolute Gasteiger partial charge is 0.339 e. The van der Waals surface area contributed by atoms with Gasteiger partial charge in [0.25, 0.3) is 0 Å². The molecule has 1 unspecified atom stereocenters. The van der Waals surface area contributed by atoms with Crippen molar-refractivity contribution in [1.29, 1.82) is 0 Å². The summed E-state index contributed by atoms with van der Waals surface area (Å²) in [7, 11) is 0. The highest BCUT2D eigenvalue weighted by atomic mass is 16.2. The average Bonchev–Trinajstić information content (AvgIpc) is 3.26. The number of para-hydroxylation sites is 2. The van der Waals surface area contributed by atoms with Gasteiger partial charge in [-0.25, -0.2) is 4.98 Å². The normalized spacial score (nSPS) is 21.4. The molecule has 1 saturated heterocycles. The van der Waals surface area contributed by atoms with Crippen molar-refractivity contribution in [2.45, 2.75) is 89.6 Å². The fraction of sp³-hybridized carbons (Fsp3) is 0.652. The molecule has 0 bridgehead atoms. The van der Waals surface area contributed by atoms with E-state index in [1.165, 1.54) is 63.3 Å². The molecule has 1 atom stereocenters. The Balaban J connectivity index is 1.56. The van der Waals surface area contributed by atoms with E-state index in [0.717, 1.165) is 24.4 Å². The predicted molar refractivity (Wildman–Crippen MR) is 110 cm³/mol. The van der Waals surface area contributed by atoms with Crippen molar-refractivity contribution in [3.8, 4) is 0 Å². The molecule has 0 N–H and O–H groups in total. The quantitative estimate of drug-likeness (QED) is 0.626. The molecule has 2 heterocycles. The van der Waals surface area contributed by atoms with Crippen LogP contribution in [0.4, 0.5) is 0 Å². The molecule has 4 heteroatoms. The zero-order valence-electron chi connectivity index (χ0n) is 16.7. The van der Waals surface area contributed by atoms with Crippen LogP contribution in [0.1, 0.15) is 82.9 Å². The molecule has 1 aliphatic heterocycles. The Labute approximate surface area is 163 Å². The predicted octanol–water partition coefficient (Wildman–Crippen LogP) is 5.27. The molecular weight excluding hydrogens is 334 g/mol. The first-order valence-corrected chi connectivity index (χ1v) is 11.0. The number of hydrogen-bond donors (Lipinski definition) is 0. The summed E-state index contributed by atoms with van der Waals surface area (Å²) in [6.07, 6.45) is 11.9. The lowest BCUT2D eigenvalue weighted by atomic mass is 9.94. The van der Waals surface area contributed by atoms with Crippen molar-refractivity contribution in [2.75, 3.05) is 6.54 Å². The van der Waals surface area contributed by atoms with Crippen molar-refractivity contribution < 1.29 is 4.79 Å². The number of rotatable bonds is 7. The van der Waals surface area contributed by atoms with Gasteiger partial charge in [0, 0.05) is 31.5 Å². The van der Waals surface area contributed by atoms with Crippen LogP contribution in [0.3, 0.4) is 0 Å². The summed E-state index contributed by atoms with van der Waals surface area (Å²) < 4.78 is 2.41. The zero-order valence-corrected chi connectivity index (χ0v) is 16.7. The molecule has 1 amide bonds. The van der Waals surface area contributed by atoms with Crippen LogP contribution in [-0.4, -0.2) is 32.9 Å². The van der Waals surface area contributed by atoms with Crippen LogP contribution in [-0.2, 0) is 11.3 Å². The second-order valence-corrected chi connectivity index (χ2v) is 8.41. The Morgan fingerprint density at radius 2 is 1.89 bits per heavy atom. The number of imidazole rings is 1. The molecule has 2 fully saturated rings. The lowest BCUT2D eigenvalue weighted by Crippen LogP contribution is -2.37. The van der Waals surface area contributed by atoms with E-state index >= 15 is 0 Å². The number of amides is 1. The lowest BCUT2D eigenvalue weighted by Gasteiger charge is -2.31. The van der Waals surface area contributed by atoms with Gasteiger partial charge in [-0.3, -0.25) is 4.79 Å². The highest BCUT2D eigenvalue weighted by Crippen LogP contribution is 2.34. The van der Waals surface area contributed by atoms with E-state index in [9.17, 15) is 4.79 Å². The third-order valence-corrected chi connectivity index (χ3v) is 6.46. The Morgan fingerprint density at radius 1 is 1.07 bits per heavy atom. The molecule has 1 aromatic carbocycles. The van der Waals surface area contributed by atoms with Crippen molar-refractivity contribution in [1.82, 2.24) is 14.5 Å². The first-order chi connectivity index (χ1) is 13.3. The minimum atomic E-state index is 0.248. The van der Waals surface area contributed by atoms with Crippen LogP contribution in [0.15, 0.2) is 24.3 Å². The van der Waals surface area contributed by atoms with Gasteiger partial charge >= 0.3 is 0 Å². The van der Waals surface area contributed by atoms with Gasteiger partial charge in [0.05, 0.1) is 11.0 Å². The summed E-state index contributed by atoms with van der Waals surface area (Å²) in [5.41, 5.74) is 2.30. The number of aromatic nitrogens is 2. The van der Waals surface area contributed by atoms with Crippen LogP contribution in [0.5, 0.6) is 0 Å². The van der Waals surface area contributed by atoms with Gasteiger partial charge in [0.15, 0.2) is 0 Å². The maximum atomic E-state index is 12.8. The zero-order chi connectivity index (χ0) is 18.6. The van der Waals surface area contributed by atoms with Gasteiger partial charge in [-0.15, -0.1) is 0 Å². The van der Waals surface area contributed by atoms with Crippen LogP contribution in [0.25, 0.3) is 11.0 Å². The van der Waals surface area contributed by atoms with Crippen molar-refractivity contribution >= 4 is 16.9 Å². The van der Waals surface area contributed by atoms with Crippen molar-refractivity contribution in [3.63, 3.8) is 0 Å². The molecule has 0 spiro atoms. The van der Waals surface area contributed by atoms with Gasteiger partial charge in [-0.2, -0.15) is 0 Å². The molecule has 2 aromatic rings. The topological polar surface area (TPSA) is 38.1 Å². The summed E-state index contributed by atoms with van der Waals surface area (Å²) in [5.74, 6) is 1.73. The molecule has 1 aliphatic carbocycles. The second kappa shape index (κ2) is 8.45. The highest BCUT2D eigenvalue weighted by Gasteiger charge is 2.37.